The minimum Gasteiger partial charge on any atom is -0.478 e. The number of unbranched alkanes of at least 4 members (excludes halogenated alkanes) is 1. The lowest BCUT2D eigenvalue weighted by Crippen LogP contribution is -2.03. The molecule has 0 saturated carbocycles. The molecule has 0 bridgehead atoms. The van der Waals surface area contributed by atoms with E-state index in [1.54, 1.807) is 31.4 Å². The summed E-state index contributed by atoms with van der Waals surface area (Å²) in [6.45, 7) is 2.04. The smallest absolute Gasteiger partial charge is 0.335 e. The van der Waals surface area contributed by atoms with Gasteiger partial charge in [-0.15, -0.1) is 0 Å². The minimum absolute atomic E-state index is 0.279. The zero-order chi connectivity index (χ0) is 13.4. The minimum atomic E-state index is -0.914. The zero-order valence-corrected chi connectivity index (χ0v) is 10.8. The van der Waals surface area contributed by atoms with Crippen LogP contribution in [0, 0.1) is 11.8 Å². The van der Waals surface area contributed by atoms with Crippen LogP contribution in [-0.2, 0) is 4.74 Å². The third-order valence-corrected chi connectivity index (χ3v) is 2.68. The van der Waals surface area contributed by atoms with E-state index >= 15 is 0 Å². The van der Waals surface area contributed by atoms with Gasteiger partial charge in [0.1, 0.15) is 0 Å². The predicted octanol–water partition coefficient (Wildman–Crippen LogP) is 2.94. The molecule has 3 heteroatoms. The van der Waals surface area contributed by atoms with Crippen molar-refractivity contribution in [1.82, 2.24) is 0 Å². The largest absolute Gasteiger partial charge is 0.478 e. The van der Waals surface area contributed by atoms with E-state index < -0.39 is 5.97 Å². The molecule has 0 heterocycles. The molecule has 0 radical (unpaired) electrons. The molecule has 3 nitrogen and oxygen atoms in total. The van der Waals surface area contributed by atoms with Crippen LogP contribution in [-0.4, -0.2) is 24.3 Å². The van der Waals surface area contributed by atoms with Crippen LogP contribution in [0.15, 0.2) is 24.3 Å². The first-order chi connectivity index (χ1) is 8.63. The highest BCUT2D eigenvalue weighted by atomic mass is 16.5. The standard InChI is InChI=1S/C15H18O3/c1-12(18-2)6-4-3-5-7-13-8-10-14(11-9-13)15(16)17/h8-12H,3-4,6H2,1-2H3,(H,16,17). The van der Waals surface area contributed by atoms with Gasteiger partial charge in [-0.25, -0.2) is 4.79 Å². The van der Waals surface area contributed by atoms with Crippen molar-refractivity contribution in [2.24, 2.45) is 0 Å². The number of carboxylic acid groups (broad SMARTS) is 1. The molecule has 0 aliphatic carbocycles. The number of methoxy groups -OCH3 is 1. The van der Waals surface area contributed by atoms with Crippen molar-refractivity contribution in [3.8, 4) is 11.8 Å². The van der Waals surface area contributed by atoms with Crippen LogP contribution < -0.4 is 0 Å². The molecule has 1 unspecified atom stereocenters. The first kappa shape index (κ1) is 14.3. The van der Waals surface area contributed by atoms with Crippen LogP contribution in [0.4, 0.5) is 0 Å². The Hall–Kier alpha value is -1.79. The van der Waals surface area contributed by atoms with Crippen LogP contribution in [0.2, 0.25) is 0 Å². The van der Waals surface area contributed by atoms with Gasteiger partial charge in [0.2, 0.25) is 0 Å². The third kappa shape index (κ3) is 5.03. The summed E-state index contributed by atoms with van der Waals surface area (Å²) in [5.74, 6) is 5.18. The SMILES string of the molecule is COC(C)CCCC#Cc1ccc(C(=O)O)cc1. The third-order valence-electron chi connectivity index (χ3n) is 2.68. The number of carboxylic acids is 1. The van der Waals surface area contributed by atoms with Crippen molar-refractivity contribution < 1.29 is 14.6 Å². The van der Waals surface area contributed by atoms with Crippen LogP contribution >= 0.6 is 0 Å². The maximum Gasteiger partial charge on any atom is 0.335 e. The van der Waals surface area contributed by atoms with E-state index in [9.17, 15) is 4.79 Å². The van der Waals surface area contributed by atoms with Crippen molar-refractivity contribution in [1.29, 1.82) is 0 Å². The second kappa shape index (κ2) is 7.52. The summed E-state index contributed by atoms with van der Waals surface area (Å²) >= 11 is 0. The lowest BCUT2D eigenvalue weighted by Gasteiger charge is -2.06. The predicted molar refractivity (Wildman–Crippen MR) is 70.6 cm³/mol. The van der Waals surface area contributed by atoms with Gasteiger partial charge >= 0.3 is 5.97 Å². The molecule has 0 aromatic heterocycles. The van der Waals surface area contributed by atoms with Crippen LogP contribution in [0.3, 0.4) is 0 Å². The van der Waals surface area contributed by atoms with Crippen LogP contribution in [0.1, 0.15) is 42.1 Å². The molecule has 0 spiro atoms. The molecule has 1 N–H and O–H groups in total. The highest BCUT2D eigenvalue weighted by Crippen LogP contribution is 2.04. The Morgan fingerprint density at radius 2 is 2.06 bits per heavy atom. The average molecular weight is 246 g/mol. The summed E-state index contributed by atoms with van der Waals surface area (Å²) in [4.78, 5) is 10.7. The van der Waals surface area contributed by atoms with Gasteiger partial charge in [-0.2, -0.15) is 0 Å². The van der Waals surface area contributed by atoms with Crippen LogP contribution in [0.5, 0.6) is 0 Å². The molecule has 0 aliphatic rings. The fourth-order valence-corrected chi connectivity index (χ4v) is 1.46. The maximum atomic E-state index is 10.7. The van der Waals surface area contributed by atoms with E-state index in [4.69, 9.17) is 9.84 Å². The molecule has 0 fully saturated rings. The Labute approximate surface area is 108 Å². The summed E-state index contributed by atoms with van der Waals surface area (Å²) in [5, 5.41) is 8.75. The van der Waals surface area contributed by atoms with Gasteiger partial charge < -0.3 is 9.84 Å². The van der Waals surface area contributed by atoms with Crippen molar-refractivity contribution in [2.45, 2.75) is 32.3 Å². The second-order valence-corrected chi connectivity index (χ2v) is 4.12. The van der Waals surface area contributed by atoms with Gasteiger partial charge in [0.15, 0.2) is 0 Å². The zero-order valence-electron chi connectivity index (χ0n) is 10.8. The van der Waals surface area contributed by atoms with Crippen molar-refractivity contribution in [3.05, 3.63) is 35.4 Å². The molecule has 0 saturated heterocycles. The van der Waals surface area contributed by atoms with Gasteiger partial charge in [-0.3, -0.25) is 0 Å². The molecule has 0 amide bonds. The summed E-state index contributed by atoms with van der Waals surface area (Å²) in [5.41, 5.74) is 1.13. The molecular weight excluding hydrogens is 228 g/mol. The molecule has 1 aromatic rings. The van der Waals surface area contributed by atoms with E-state index in [-0.39, 0.29) is 11.7 Å². The lowest BCUT2D eigenvalue weighted by atomic mass is 10.1. The fourth-order valence-electron chi connectivity index (χ4n) is 1.46. The number of carbonyl (C=O) groups is 1. The van der Waals surface area contributed by atoms with Crippen molar-refractivity contribution in [2.75, 3.05) is 7.11 Å². The second-order valence-electron chi connectivity index (χ2n) is 4.12. The highest BCUT2D eigenvalue weighted by Gasteiger charge is 2.00. The molecule has 1 atom stereocenters. The number of hydrogen-bond acceptors (Lipinski definition) is 2. The molecular formula is C15H18O3. The van der Waals surface area contributed by atoms with Gasteiger partial charge in [-0.05, 0) is 44.0 Å². The Morgan fingerprint density at radius 1 is 1.39 bits per heavy atom. The Kier molecular flexibility index (Phi) is 5.96. The molecule has 1 aromatic carbocycles. The van der Waals surface area contributed by atoms with Crippen LogP contribution in [0.25, 0.3) is 0 Å². The number of rotatable bonds is 5. The van der Waals surface area contributed by atoms with E-state index in [0.717, 1.165) is 24.8 Å². The van der Waals surface area contributed by atoms with Gasteiger partial charge in [0.05, 0.1) is 11.7 Å². The van der Waals surface area contributed by atoms with E-state index in [1.165, 1.54) is 0 Å². The van der Waals surface area contributed by atoms with Gasteiger partial charge in [-0.1, -0.05) is 11.8 Å². The average Bonchev–Trinajstić information content (AvgIpc) is 2.38. The summed E-state index contributed by atoms with van der Waals surface area (Å²) < 4.78 is 5.15. The molecule has 96 valence electrons. The first-order valence-corrected chi connectivity index (χ1v) is 5.98. The van der Waals surface area contributed by atoms with E-state index in [1.807, 2.05) is 6.92 Å². The Balaban J connectivity index is 2.41. The first-order valence-electron chi connectivity index (χ1n) is 5.98. The van der Waals surface area contributed by atoms with Crippen molar-refractivity contribution in [3.63, 3.8) is 0 Å². The molecule has 1 rings (SSSR count). The number of hydrogen-bond donors (Lipinski definition) is 1. The quantitative estimate of drug-likeness (QED) is 0.642. The monoisotopic (exact) mass is 246 g/mol. The lowest BCUT2D eigenvalue weighted by molar-refractivity contribution is 0.0697. The fraction of sp³-hybridized carbons (Fsp3) is 0.400. The molecule has 0 aliphatic heterocycles. The Morgan fingerprint density at radius 3 is 2.61 bits per heavy atom. The number of aromatic carboxylic acids is 1. The Bertz CT molecular complexity index is 437. The normalized spacial score (nSPS) is 11.4. The van der Waals surface area contributed by atoms with Gasteiger partial charge in [0.25, 0.3) is 0 Å². The molecule has 18 heavy (non-hydrogen) atoms. The van der Waals surface area contributed by atoms with Gasteiger partial charge in [0, 0.05) is 19.1 Å². The number of benzene rings is 1. The topological polar surface area (TPSA) is 46.5 Å². The summed E-state index contributed by atoms with van der Waals surface area (Å²) in [6, 6.07) is 6.60. The highest BCUT2D eigenvalue weighted by molar-refractivity contribution is 5.87. The van der Waals surface area contributed by atoms with E-state index in [0.29, 0.717) is 0 Å². The maximum absolute atomic E-state index is 10.7. The van der Waals surface area contributed by atoms with Crippen molar-refractivity contribution >= 4 is 5.97 Å². The van der Waals surface area contributed by atoms with E-state index in [2.05, 4.69) is 11.8 Å². The summed E-state index contributed by atoms with van der Waals surface area (Å²) in [6.07, 6.45) is 3.12. The summed E-state index contributed by atoms with van der Waals surface area (Å²) in [7, 11) is 1.71. The number of ether oxygens (including phenoxy) is 1.